The Labute approximate surface area is 247 Å². The molecule has 0 N–H and O–H groups in total. The molecule has 3 aliphatic rings. The van der Waals surface area contributed by atoms with Crippen LogP contribution in [0.5, 0.6) is 0 Å². The van der Waals surface area contributed by atoms with Gasteiger partial charge in [-0.05, 0) is 55.9 Å². The molecule has 0 unspecified atom stereocenters. The molecule has 5 heteroatoms. The summed E-state index contributed by atoms with van der Waals surface area (Å²) < 4.78 is 0. The molecule has 0 bridgehead atoms. The van der Waals surface area contributed by atoms with Gasteiger partial charge in [-0.3, -0.25) is 0 Å². The highest BCUT2D eigenvalue weighted by molar-refractivity contribution is 7.35. The summed E-state index contributed by atoms with van der Waals surface area (Å²) in [5, 5.41) is 5.81. The number of para-hydroxylation sites is 2. The Balaban J connectivity index is 1.48. The van der Waals surface area contributed by atoms with Crippen molar-refractivity contribution >= 4 is 97.5 Å². The minimum absolute atomic E-state index is 0.161. The van der Waals surface area contributed by atoms with Crippen molar-refractivity contribution in [3.05, 3.63) is 146 Å². The fraction of sp³-hybridized carbons (Fsp3) is 0. The molecule has 0 radical (unpaired) electrons. The van der Waals surface area contributed by atoms with Crippen molar-refractivity contribution in [1.29, 1.82) is 0 Å². The van der Waals surface area contributed by atoms with Crippen LogP contribution in [0.25, 0.3) is 0 Å². The summed E-state index contributed by atoms with van der Waals surface area (Å²) in [6.45, 7) is 0.166. The molecule has 6 aromatic carbocycles. The summed E-state index contributed by atoms with van der Waals surface area (Å²) in [6.07, 6.45) is -0.161. The molecule has 6 aromatic rings. The van der Waals surface area contributed by atoms with Crippen molar-refractivity contribution in [2.24, 2.45) is 0 Å². The monoisotopic (exact) mass is 555 g/mol. The van der Waals surface area contributed by atoms with E-state index in [-0.39, 0.29) is 12.8 Å². The van der Waals surface area contributed by atoms with Crippen LogP contribution < -0.4 is 53.0 Å². The Hall–Kier alpha value is -4.24. The summed E-state index contributed by atoms with van der Waals surface area (Å²) in [5.41, 5.74) is 10.5. The van der Waals surface area contributed by atoms with Crippen LogP contribution >= 0.6 is 11.5 Å². The third kappa shape index (κ3) is 2.94. The van der Waals surface area contributed by atoms with Gasteiger partial charge in [0.15, 0.2) is 8.07 Å². The molecule has 9 rings (SSSR count). The second-order valence-electron chi connectivity index (χ2n) is 11.3. The van der Waals surface area contributed by atoms with Crippen molar-refractivity contribution < 1.29 is 0 Å². The number of rotatable bonds is 1. The summed E-state index contributed by atoms with van der Waals surface area (Å²) in [6, 6.07) is 54.1. The molecule has 1 nitrogen and oxygen atoms in total. The Bertz CT molecular complexity index is 1960. The molecule has 190 valence electrons. The third-order valence-electron chi connectivity index (χ3n) is 9.47. The lowest BCUT2D eigenvalue weighted by Gasteiger charge is -2.49. The van der Waals surface area contributed by atoms with Gasteiger partial charge in [-0.15, -0.1) is 0 Å². The van der Waals surface area contributed by atoms with Gasteiger partial charge >= 0.3 is 6.13 Å². The number of benzene rings is 6. The Morgan fingerprint density at radius 2 is 0.927 bits per heavy atom. The maximum absolute atomic E-state index is 7.32. The van der Waals surface area contributed by atoms with E-state index in [0.717, 1.165) is 0 Å². The summed E-state index contributed by atoms with van der Waals surface area (Å²) >= 11 is 7.32. The van der Waals surface area contributed by atoms with E-state index in [2.05, 4.69) is 150 Å². The molecule has 0 aliphatic carbocycles. The van der Waals surface area contributed by atoms with Crippen LogP contribution in [0.3, 0.4) is 0 Å². The number of hydrogen-bond donors (Lipinski definition) is 0. The van der Waals surface area contributed by atoms with E-state index in [1.54, 1.807) is 0 Å². The fourth-order valence-corrected chi connectivity index (χ4v) is 14.4. The zero-order valence-electron chi connectivity index (χ0n) is 22.3. The maximum atomic E-state index is 7.32. The van der Waals surface area contributed by atoms with Gasteiger partial charge in [0, 0.05) is 17.1 Å². The fourth-order valence-electron chi connectivity index (χ4n) is 8.02. The van der Waals surface area contributed by atoms with Gasteiger partial charge < -0.3 is 4.90 Å². The lowest BCUT2D eigenvalue weighted by molar-refractivity contribution is 1.29. The van der Waals surface area contributed by atoms with E-state index >= 15 is 0 Å². The normalized spacial score (nSPS) is 15.0. The standard InChI is InChI=1S/C36H24B2ClNSi/c39-38-28-17-6-10-22-33(28)41(34-23-11-7-18-29(34)38)32-21-9-5-16-27(32)37-26-15-4-8-19-30(26)40(25-13-2-1-3-14-25)31-20-12-24-35(41)36(31)37/h1-24H. The highest BCUT2D eigenvalue weighted by atomic mass is 35.5. The van der Waals surface area contributed by atoms with Crippen LogP contribution in [0, 0.1) is 0 Å². The van der Waals surface area contributed by atoms with E-state index in [0.29, 0.717) is 0 Å². The van der Waals surface area contributed by atoms with Gasteiger partial charge in [-0.2, -0.15) is 11.5 Å². The van der Waals surface area contributed by atoms with Crippen molar-refractivity contribution in [1.82, 2.24) is 0 Å². The zero-order chi connectivity index (χ0) is 27.1. The number of hydrogen-bond acceptors (Lipinski definition) is 1. The van der Waals surface area contributed by atoms with Gasteiger partial charge in [-0.1, -0.05) is 138 Å². The first kappa shape index (κ1) is 23.5. The number of nitrogens with zero attached hydrogens (tertiary/aromatic N) is 1. The molecule has 0 amide bonds. The lowest BCUT2D eigenvalue weighted by atomic mass is 9.35. The highest BCUT2D eigenvalue weighted by Gasteiger charge is 2.56. The molecule has 3 aliphatic heterocycles. The Morgan fingerprint density at radius 1 is 0.439 bits per heavy atom. The van der Waals surface area contributed by atoms with E-state index in [9.17, 15) is 0 Å². The quantitative estimate of drug-likeness (QED) is 0.281. The van der Waals surface area contributed by atoms with Gasteiger partial charge in [0.2, 0.25) is 6.71 Å². The Morgan fingerprint density at radius 3 is 1.61 bits per heavy atom. The summed E-state index contributed by atoms with van der Waals surface area (Å²) in [4.78, 5) is 2.48. The number of halogens is 1. The van der Waals surface area contributed by atoms with Crippen molar-refractivity contribution in [3.8, 4) is 0 Å². The first-order valence-corrected chi connectivity index (χ1v) is 16.7. The number of anilines is 3. The van der Waals surface area contributed by atoms with Crippen LogP contribution in [0.2, 0.25) is 0 Å². The lowest BCUT2D eigenvalue weighted by Crippen LogP contribution is -2.92. The van der Waals surface area contributed by atoms with Crippen LogP contribution in [-0.2, 0) is 0 Å². The molecule has 0 aromatic heterocycles. The zero-order valence-corrected chi connectivity index (χ0v) is 24.1. The van der Waals surface area contributed by atoms with Gasteiger partial charge in [0.1, 0.15) is 0 Å². The average molecular weight is 556 g/mol. The topological polar surface area (TPSA) is 3.24 Å². The molecule has 1 spiro atoms. The molecule has 0 atom stereocenters. The van der Waals surface area contributed by atoms with E-state index < -0.39 is 8.07 Å². The van der Waals surface area contributed by atoms with Gasteiger partial charge in [0.05, 0.1) is 0 Å². The minimum Gasteiger partial charge on any atom is -0.312 e. The Kier molecular flexibility index (Phi) is 4.94. The van der Waals surface area contributed by atoms with Crippen LogP contribution in [-0.4, -0.2) is 20.9 Å². The smallest absolute Gasteiger partial charge is 0.312 e. The van der Waals surface area contributed by atoms with Crippen LogP contribution in [0.4, 0.5) is 17.1 Å². The van der Waals surface area contributed by atoms with Crippen molar-refractivity contribution in [3.63, 3.8) is 0 Å². The SMILES string of the molecule is ClB1c2ccccc2[Si]2(c3ccccc31)c1ccccc1B1c3ccccc3N(c3ccccc3)c3cccc2c31. The van der Waals surface area contributed by atoms with Gasteiger partial charge in [-0.25, -0.2) is 0 Å². The maximum Gasteiger partial charge on any atom is 0.315 e. The first-order chi connectivity index (χ1) is 20.3. The molecular weight excluding hydrogens is 532 g/mol. The first-order valence-electron chi connectivity index (χ1n) is 14.3. The van der Waals surface area contributed by atoms with E-state index in [1.165, 1.54) is 65.1 Å². The number of fused-ring (bicyclic) bond motifs is 10. The molecular formula is C36H24B2ClNSi. The molecule has 0 saturated carbocycles. The van der Waals surface area contributed by atoms with E-state index in [4.69, 9.17) is 11.5 Å². The predicted octanol–water partition coefficient (Wildman–Crippen LogP) is 2.33. The molecule has 0 fully saturated rings. The third-order valence-corrected chi connectivity index (χ3v) is 15.0. The average Bonchev–Trinajstić information content (AvgIpc) is 3.05. The minimum atomic E-state index is -2.71. The molecule has 0 saturated heterocycles. The molecule has 41 heavy (non-hydrogen) atoms. The van der Waals surface area contributed by atoms with Crippen molar-refractivity contribution in [2.45, 2.75) is 0 Å². The molecule has 3 heterocycles. The van der Waals surface area contributed by atoms with Crippen LogP contribution in [0.15, 0.2) is 146 Å². The van der Waals surface area contributed by atoms with Crippen LogP contribution in [0.1, 0.15) is 0 Å². The predicted molar refractivity (Wildman–Crippen MR) is 180 cm³/mol. The largest absolute Gasteiger partial charge is 0.315 e. The van der Waals surface area contributed by atoms with Gasteiger partial charge in [0.25, 0.3) is 0 Å². The second-order valence-corrected chi connectivity index (χ2v) is 15.4. The van der Waals surface area contributed by atoms with Crippen molar-refractivity contribution in [2.75, 3.05) is 4.90 Å². The summed E-state index contributed by atoms with van der Waals surface area (Å²) in [5.74, 6) is 0. The van der Waals surface area contributed by atoms with E-state index in [1.807, 2.05) is 0 Å². The summed E-state index contributed by atoms with van der Waals surface area (Å²) in [7, 11) is -2.71. The second kappa shape index (κ2) is 8.63. The highest BCUT2D eigenvalue weighted by Crippen LogP contribution is 2.36.